The van der Waals surface area contributed by atoms with Crippen LogP contribution < -0.4 is 5.32 Å². The Bertz CT molecular complexity index is 432. The number of carbonyl (C=O) groups is 2. The first-order valence-corrected chi connectivity index (χ1v) is 6.29. The van der Waals surface area contributed by atoms with E-state index >= 15 is 0 Å². The number of amides is 1. The topological polar surface area (TPSA) is 66.4 Å². The van der Waals surface area contributed by atoms with Crippen LogP contribution in [0.15, 0.2) is 24.3 Å². The summed E-state index contributed by atoms with van der Waals surface area (Å²) in [5.74, 6) is -1.53. The van der Waals surface area contributed by atoms with Crippen LogP contribution in [-0.4, -0.2) is 23.0 Å². The fourth-order valence-corrected chi connectivity index (χ4v) is 1.91. The van der Waals surface area contributed by atoms with E-state index in [9.17, 15) is 9.59 Å². The van der Waals surface area contributed by atoms with Crippen molar-refractivity contribution >= 4 is 34.5 Å². The Hall–Kier alpha value is -1.11. The molecule has 0 aromatic heterocycles. The molecule has 1 aromatic rings. The molecule has 0 bridgehead atoms. The van der Waals surface area contributed by atoms with E-state index in [0.717, 1.165) is 3.57 Å². The lowest BCUT2D eigenvalue weighted by molar-refractivity contribution is -0.140. The standard InChI is InChI=1S/C12H14INO3/c1-7(2)10(12(16)17)14-11(15)8-4-3-5-9(13)6-8/h3-7,10H,1-2H3,(H,14,15)(H,16,17). The third kappa shape index (κ3) is 3.99. The molecule has 0 saturated carbocycles. The summed E-state index contributed by atoms with van der Waals surface area (Å²) >= 11 is 2.10. The van der Waals surface area contributed by atoms with Gasteiger partial charge in [0.25, 0.3) is 5.91 Å². The van der Waals surface area contributed by atoms with Crippen molar-refractivity contribution < 1.29 is 14.7 Å². The lowest BCUT2D eigenvalue weighted by atomic mass is 10.0. The van der Waals surface area contributed by atoms with Gasteiger partial charge in [0.15, 0.2) is 0 Å². The van der Waals surface area contributed by atoms with Gasteiger partial charge in [-0.05, 0) is 46.7 Å². The number of hydrogen-bond acceptors (Lipinski definition) is 2. The first kappa shape index (κ1) is 14.0. The average molecular weight is 347 g/mol. The highest BCUT2D eigenvalue weighted by Gasteiger charge is 2.23. The van der Waals surface area contributed by atoms with Crippen molar-refractivity contribution in [1.29, 1.82) is 0 Å². The number of carboxylic acids is 1. The molecule has 1 amide bonds. The second-order valence-corrected chi connectivity index (χ2v) is 5.29. The van der Waals surface area contributed by atoms with Gasteiger partial charge in [0.1, 0.15) is 6.04 Å². The molecule has 0 aliphatic carbocycles. The minimum atomic E-state index is -1.01. The predicted molar refractivity (Wildman–Crippen MR) is 72.9 cm³/mol. The third-order valence-electron chi connectivity index (χ3n) is 2.31. The van der Waals surface area contributed by atoms with Crippen LogP contribution in [0.3, 0.4) is 0 Å². The van der Waals surface area contributed by atoms with Gasteiger partial charge in [-0.1, -0.05) is 19.9 Å². The molecule has 17 heavy (non-hydrogen) atoms. The number of nitrogens with one attached hydrogen (secondary N) is 1. The summed E-state index contributed by atoms with van der Waals surface area (Å²) in [6.07, 6.45) is 0. The van der Waals surface area contributed by atoms with Gasteiger partial charge in [-0.3, -0.25) is 4.79 Å². The van der Waals surface area contributed by atoms with E-state index in [0.29, 0.717) is 5.56 Å². The van der Waals surface area contributed by atoms with E-state index < -0.39 is 12.0 Å². The number of rotatable bonds is 4. The SMILES string of the molecule is CC(C)C(NC(=O)c1cccc(I)c1)C(=O)O. The van der Waals surface area contributed by atoms with Gasteiger partial charge in [0.2, 0.25) is 0 Å². The molecule has 1 atom stereocenters. The van der Waals surface area contributed by atoms with Crippen molar-refractivity contribution in [2.75, 3.05) is 0 Å². The van der Waals surface area contributed by atoms with Gasteiger partial charge in [0, 0.05) is 9.13 Å². The zero-order valence-corrected chi connectivity index (χ0v) is 11.8. The molecule has 1 aromatic carbocycles. The zero-order valence-electron chi connectivity index (χ0n) is 9.61. The monoisotopic (exact) mass is 347 g/mol. The molecular formula is C12H14INO3. The van der Waals surface area contributed by atoms with Crippen molar-refractivity contribution in [3.8, 4) is 0 Å². The molecule has 0 aliphatic rings. The highest BCUT2D eigenvalue weighted by molar-refractivity contribution is 14.1. The number of carbonyl (C=O) groups excluding carboxylic acids is 1. The van der Waals surface area contributed by atoms with Crippen LogP contribution in [0.4, 0.5) is 0 Å². The van der Waals surface area contributed by atoms with Crippen molar-refractivity contribution in [3.63, 3.8) is 0 Å². The summed E-state index contributed by atoms with van der Waals surface area (Å²) < 4.78 is 0.937. The zero-order chi connectivity index (χ0) is 13.0. The largest absolute Gasteiger partial charge is 0.480 e. The molecule has 0 fully saturated rings. The van der Waals surface area contributed by atoms with E-state index in [1.165, 1.54) is 0 Å². The maximum absolute atomic E-state index is 11.8. The number of hydrogen-bond donors (Lipinski definition) is 2. The summed E-state index contributed by atoms with van der Waals surface area (Å²) in [5, 5.41) is 11.5. The lowest BCUT2D eigenvalue weighted by Crippen LogP contribution is -2.44. The first-order chi connectivity index (χ1) is 7.91. The van der Waals surface area contributed by atoms with Crippen LogP contribution in [0.2, 0.25) is 0 Å². The number of benzene rings is 1. The highest BCUT2D eigenvalue weighted by Crippen LogP contribution is 2.09. The van der Waals surface area contributed by atoms with Crippen LogP contribution >= 0.6 is 22.6 Å². The van der Waals surface area contributed by atoms with Crippen molar-refractivity contribution in [3.05, 3.63) is 33.4 Å². The van der Waals surface area contributed by atoms with Gasteiger partial charge >= 0.3 is 5.97 Å². The summed E-state index contributed by atoms with van der Waals surface area (Å²) in [4.78, 5) is 22.8. The number of halogens is 1. The quantitative estimate of drug-likeness (QED) is 0.820. The Kier molecular flexibility index (Phi) is 4.92. The maximum atomic E-state index is 11.8. The van der Waals surface area contributed by atoms with Crippen molar-refractivity contribution in [2.45, 2.75) is 19.9 Å². The number of carboxylic acid groups (broad SMARTS) is 1. The van der Waals surface area contributed by atoms with Crippen molar-refractivity contribution in [2.24, 2.45) is 5.92 Å². The first-order valence-electron chi connectivity index (χ1n) is 5.21. The summed E-state index contributed by atoms with van der Waals surface area (Å²) in [7, 11) is 0. The second kappa shape index (κ2) is 6.00. The molecule has 5 heteroatoms. The minimum absolute atomic E-state index is 0.153. The normalized spacial score (nSPS) is 12.2. The van der Waals surface area contributed by atoms with Crippen LogP contribution in [0.5, 0.6) is 0 Å². The molecular weight excluding hydrogens is 333 g/mol. The van der Waals surface area contributed by atoms with E-state index in [1.54, 1.807) is 32.0 Å². The molecule has 1 unspecified atom stereocenters. The Labute approximate surface area is 114 Å². The minimum Gasteiger partial charge on any atom is -0.480 e. The van der Waals surface area contributed by atoms with Gasteiger partial charge in [0.05, 0.1) is 0 Å². The molecule has 2 N–H and O–H groups in total. The van der Waals surface area contributed by atoms with Crippen LogP contribution in [0.1, 0.15) is 24.2 Å². The highest BCUT2D eigenvalue weighted by atomic mass is 127. The molecule has 1 rings (SSSR count). The van der Waals surface area contributed by atoms with E-state index in [2.05, 4.69) is 27.9 Å². The molecule has 0 aliphatic heterocycles. The Morgan fingerprint density at radius 1 is 1.35 bits per heavy atom. The smallest absolute Gasteiger partial charge is 0.326 e. The number of aliphatic carboxylic acids is 1. The average Bonchev–Trinajstić information content (AvgIpc) is 2.24. The molecule has 0 saturated heterocycles. The van der Waals surface area contributed by atoms with Gasteiger partial charge < -0.3 is 10.4 Å². The van der Waals surface area contributed by atoms with Crippen molar-refractivity contribution in [1.82, 2.24) is 5.32 Å². The van der Waals surface area contributed by atoms with Gasteiger partial charge in [-0.15, -0.1) is 0 Å². The molecule has 0 spiro atoms. The molecule has 4 nitrogen and oxygen atoms in total. The van der Waals surface area contributed by atoms with Crippen LogP contribution in [0.25, 0.3) is 0 Å². The Morgan fingerprint density at radius 2 is 2.00 bits per heavy atom. The summed E-state index contributed by atoms with van der Waals surface area (Å²) in [5.41, 5.74) is 0.476. The molecule has 0 radical (unpaired) electrons. The van der Waals surface area contributed by atoms with Gasteiger partial charge in [-0.2, -0.15) is 0 Å². The maximum Gasteiger partial charge on any atom is 0.326 e. The molecule has 0 heterocycles. The summed E-state index contributed by atoms with van der Waals surface area (Å²) in [6, 6.07) is 6.16. The summed E-state index contributed by atoms with van der Waals surface area (Å²) in [6.45, 7) is 3.52. The lowest BCUT2D eigenvalue weighted by Gasteiger charge is -2.17. The van der Waals surface area contributed by atoms with E-state index in [4.69, 9.17) is 5.11 Å². The third-order valence-corrected chi connectivity index (χ3v) is 2.98. The van der Waals surface area contributed by atoms with E-state index in [-0.39, 0.29) is 11.8 Å². The van der Waals surface area contributed by atoms with Crippen LogP contribution in [-0.2, 0) is 4.79 Å². The van der Waals surface area contributed by atoms with E-state index in [1.807, 2.05) is 6.07 Å². The fraction of sp³-hybridized carbons (Fsp3) is 0.333. The Morgan fingerprint density at radius 3 is 2.47 bits per heavy atom. The fourth-order valence-electron chi connectivity index (χ4n) is 1.37. The predicted octanol–water partition coefficient (Wildman–Crippen LogP) is 2.13. The Balaban J connectivity index is 2.81. The van der Waals surface area contributed by atoms with Gasteiger partial charge in [-0.25, -0.2) is 4.79 Å². The van der Waals surface area contributed by atoms with Crippen LogP contribution in [0, 0.1) is 9.49 Å². The molecule has 92 valence electrons. The second-order valence-electron chi connectivity index (χ2n) is 4.04.